The summed E-state index contributed by atoms with van der Waals surface area (Å²) in [6, 6.07) is 5.97. The lowest BCUT2D eigenvalue weighted by molar-refractivity contribution is 0.340. The Morgan fingerprint density at radius 1 is 1.47 bits per heavy atom. The topological polar surface area (TPSA) is 24.5 Å². The highest BCUT2D eigenvalue weighted by atomic mass is 35.5. The lowest BCUT2D eigenvalue weighted by Gasteiger charge is -2.32. The average Bonchev–Trinajstić information content (AvgIpc) is 2.26. The standard InChI is InChI=1S/C13H19ClN2O/c1-3-17-13-5-4-11(6-12(13)14)16(2)9-10-7-15-8-10/h4-6,10,15H,3,7-9H2,1-2H3. The average molecular weight is 255 g/mol. The maximum atomic E-state index is 6.17. The van der Waals surface area contributed by atoms with Crippen molar-refractivity contribution in [1.29, 1.82) is 0 Å². The number of halogens is 1. The highest BCUT2D eigenvalue weighted by Crippen LogP contribution is 2.29. The van der Waals surface area contributed by atoms with Gasteiger partial charge in [0.1, 0.15) is 5.75 Å². The van der Waals surface area contributed by atoms with E-state index in [4.69, 9.17) is 16.3 Å². The van der Waals surface area contributed by atoms with Crippen molar-refractivity contribution in [3.8, 4) is 5.75 Å². The van der Waals surface area contributed by atoms with Gasteiger partial charge in [0.2, 0.25) is 0 Å². The quantitative estimate of drug-likeness (QED) is 0.873. The van der Waals surface area contributed by atoms with E-state index < -0.39 is 0 Å². The number of anilines is 1. The molecule has 0 radical (unpaired) electrons. The van der Waals surface area contributed by atoms with Crippen LogP contribution in [0, 0.1) is 5.92 Å². The number of ether oxygens (including phenoxy) is 1. The van der Waals surface area contributed by atoms with Crippen molar-refractivity contribution in [2.45, 2.75) is 6.92 Å². The minimum absolute atomic E-state index is 0.642. The van der Waals surface area contributed by atoms with Crippen LogP contribution < -0.4 is 15.0 Å². The zero-order valence-corrected chi connectivity index (χ0v) is 11.1. The largest absolute Gasteiger partial charge is 0.492 e. The smallest absolute Gasteiger partial charge is 0.138 e. The summed E-state index contributed by atoms with van der Waals surface area (Å²) in [5.41, 5.74) is 1.14. The van der Waals surface area contributed by atoms with Gasteiger partial charge in [0.25, 0.3) is 0 Å². The molecule has 94 valence electrons. The highest BCUT2D eigenvalue weighted by molar-refractivity contribution is 6.32. The van der Waals surface area contributed by atoms with E-state index in [1.807, 2.05) is 19.1 Å². The van der Waals surface area contributed by atoms with Crippen LogP contribution in [0.4, 0.5) is 5.69 Å². The molecule has 0 saturated carbocycles. The van der Waals surface area contributed by atoms with Crippen LogP contribution in [-0.2, 0) is 0 Å². The Hall–Kier alpha value is -0.930. The monoisotopic (exact) mass is 254 g/mol. The summed E-state index contributed by atoms with van der Waals surface area (Å²) < 4.78 is 5.42. The van der Waals surface area contributed by atoms with Crippen LogP contribution in [0.25, 0.3) is 0 Å². The molecular formula is C13H19ClN2O. The fourth-order valence-corrected chi connectivity index (χ4v) is 2.20. The lowest BCUT2D eigenvalue weighted by atomic mass is 10.0. The van der Waals surface area contributed by atoms with E-state index in [1.165, 1.54) is 0 Å². The van der Waals surface area contributed by atoms with Crippen LogP contribution in [0.2, 0.25) is 5.02 Å². The Morgan fingerprint density at radius 2 is 2.24 bits per heavy atom. The number of hydrogen-bond donors (Lipinski definition) is 1. The predicted octanol–water partition coefficient (Wildman–Crippen LogP) is 2.39. The van der Waals surface area contributed by atoms with Crippen molar-refractivity contribution in [2.24, 2.45) is 5.92 Å². The summed E-state index contributed by atoms with van der Waals surface area (Å²) in [6.07, 6.45) is 0. The van der Waals surface area contributed by atoms with Gasteiger partial charge < -0.3 is 15.0 Å². The van der Waals surface area contributed by atoms with Gasteiger partial charge in [-0.1, -0.05) is 11.6 Å². The molecule has 0 aliphatic carbocycles. The van der Waals surface area contributed by atoms with Gasteiger partial charge in [0, 0.05) is 38.3 Å². The third kappa shape index (κ3) is 3.05. The van der Waals surface area contributed by atoms with Gasteiger partial charge in [0.15, 0.2) is 0 Å². The van der Waals surface area contributed by atoms with Crippen molar-refractivity contribution in [3.63, 3.8) is 0 Å². The fraction of sp³-hybridized carbons (Fsp3) is 0.538. The first-order chi connectivity index (χ1) is 8.20. The first-order valence-corrected chi connectivity index (χ1v) is 6.42. The van der Waals surface area contributed by atoms with E-state index in [9.17, 15) is 0 Å². The molecule has 0 spiro atoms. The molecule has 1 aliphatic rings. The molecule has 1 fully saturated rings. The number of nitrogens with zero attached hydrogens (tertiary/aromatic N) is 1. The molecule has 17 heavy (non-hydrogen) atoms. The van der Waals surface area contributed by atoms with Gasteiger partial charge in [-0.3, -0.25) is 0 Å². The Bertz CT molecular complexity index is 380. The summed E-state index contributed by atoms with van der Waals surface area (Å²) in [5, 5.41) is 3.97. The molecule has 0 amide bonds. The summed E-state index contributed by atoms with van der Waals surface area (Å²) in [7, 11) is 2.10. The first kappa shape index (κ1) is 12.5. The van der Waals surface area contributed by atoms with Gasteiger partial charge in [-0.15, -0.1) is 0 Å². The van der Waals surface area contributed by atoms with Gasteiger partial charge in [-0.2, -0.15) is 0 Å². The summed E-state index contributed by atoms with van der Waals surface area (Å²) in [4.78, 5) is 2.24. The zero-order chi connectivity index (χ0) is 12.3. The second-order valence-corrected chi connectivity index (χ2v) is 4.86. The number of hydrogen-bond acceptors (Lipinski definition) is 3. The lowest BCUT2D eigenvalue weighted by Crippen LogP contribution is -2.47. The molecule has 2 rings (SSSR count). The first-order valence-electron chi connectivity index (χ1n) is 6.05. The number of nitrogens with one attached hydrogen (secondary N) is 1. The van der Waals surface area contributed by atoms with E-state index >= 15 is 0 Å². The van der Waals surface area contributed by atoms with Crippen LogP contribution >= 0.6 is 11.6 Å². The molecule has 4 heteroatoms. The van der Waals surface area contributed by atoms with E-state index in [2.05, 4.69) is 23.3 Å². The summed E-state index contributed by atoms with van der Waals surface area (Å²) in [5.74, 6) is 1.52. The van der Waals surface area contributed by atoms with Crippen LogP contribution in [0.15, 0.2) is 18.2 Å². The Morgan fingerprint density at radius 3 is 2.76 bits per heavy atom. The van der Waals surface area contributed by atoms with E-state index in [0.717, 1.165) is 37.0 Å². The van der Waals surface area contributed by atoms with Crippen LogP contribution in [-0.4, -0.2) is 33.3 Å². The van der Waals surface area contributed by atoms with Gasteiger partial charge in [-0.05, 0) is 25.1 Å². The maximum absolute atomic E-state index is 6.17. The molecule has 0 bridgehead atoms. The van der Waals surface area contributed by atoms with Crippen LogP contribution in [0.3, 0.4) is 0 Å². The normalized spacial score (nSPS) is 15.5. The molecular weight excluding hydrogens is 236 g/mol. The van der Waals surface area contributed by atoms with Crippen molar-refractivity contribution >= 4 is 17.3 Å². The molecule has 1 N–H and O–H groups in total. The van der Waals surface area contributed by atoms with Crippen LogP contribution in [0.1, 0.15) is 6.92 Å². The summed E-state index contributed by atoms with van der Waals surface area (Å²) in [6.45, 7) is 5.91. The molecule has 1 heterocycles. The molecule has 0 atom stereocenters. The molecule has 1 aliphatic heterocycles. The second-order valence-electron chi connectivity index (χ2n) is 4.45. The number of benzene rings is 1. The predicted molar refractivity (Wildman–Crippen MR) is 72.3 cm³/mol. The third-order valence-electron chi connectivity index (χ3n) is 3.05. The van der Waals surface area contributed by atoms with Crippen molar-refractivity contribution in [3.05, 3.63) is 23.2 Å². The molecule has 0 unspecified atom stereocenters. The van der Waals surface area contributed by atoms with Gasteiger partial charge in [-0.25, -0.2) is 0 Å². The Labute approximate surface area is 108 Å². The van der Waals surface area contributed by atoms with E-state index in [-0.39, 0.29) is 0 Å². The zero-order valence-electron chi connectivity index (χ0n) is 10.4. The second kappa shape index (κ2) is 5.61. The minimum Gasteiger partial charge on any atom is -0.492 e. The Balaban J connectivity index is 2.02. The maximum Gasteiger partial charge on any atom is 0.138 e. The number of rotatable bonds is 5. The fourth-order valence-electron chi connectivity index (χ4n) is 1.97. The molecule has 0 aromatic heterocycles. The minimum atomic E-state index is 0.642. The van der Waals surface area contributed by atoms with Gasteiger partial charge in [0.05, 0.1) is 11.6 Å². The molecule has 3 nitrogen and oxygen atoms in total. The van der Waals surface area contributed by atoms with Crippen molar-refractivity contribution in [2.75, 3.05) is 38.2 Å². The third-order valence-corrected chi connectivity index (χ3v) is 3.35. The van der Waals surface area contributed by atoms with Crippen molar-refractivity contribution in [1.82, 2.24) is 5.32 Å². The Kier molecular flexibility index (Phi) is 4.13. The van der Waals surface area contributed by atoms with Gasteiger partial charge >= 0.3 is 0 Å². The van der Waals surface area contributed by atoms with E-state index in [0.29, 0.717) is 11.6 Å². The molecule has 1 saturated heterocycles. The molecule has 1 aromatic rings. The summed E-state index contributed by atoms with van der Waals surface area (Å²) >= 11 is 6.17. The van der Waals surface area contributed by atoms with E-state index in [1.54, 1.807) is 0 Å². The molecule has 1 aromatic carbocycles. The van der Waals surface area contributed by atoms with Crippen LogP contribution in [0.5, 0.6) is 5.75 Å². The SMILES string of the molecule is CCOc1ccc(N(C)CC2CNC2)cc1Cl. The highest BCUT2D eigenvalue weighted by Gasteiger charge is 2.18. The van der Waals surface area contributed by atoms with Crippen molar-refractivity contribution < 1.29 is 4.74 Å².